The van der Waals surface area contributed by atoms with Gasteiger partial charge in [-0.25, -0.2) is 0 Å². The summed E-state index contributed by atoms with van der Waals surface area (Å²) in [5.41, 5.74) is 2.77. The molecule has 5 nitrogen and oxygen atoms in total. The molecule has 0 bridgehead atoms. The van der Waals surface area contributed by atoms with Crippen LogP contribution >= 0.6 is 0 Å². The van der Waals surface area contributed by atoms with Crippen molar-refractivity contribution in [3.63, 3.8) is 0 Å². The Hall–Kier alpha value is -1.88. The molecular weight excluding hydrogens is 292 g/mol. The standard InChI is InChI=1S/C18H28N2O3/c1-6-20(17(23)10-15(21)12(2)3)11-16(22)19-18-13(4)8-7-9-14(18)5/h7-9,12,15,21H,6,10-11H2,1-5H3,(H,19,22). The maximum Gasteiger partial charge on any atom is 0.244 e. The molecule has 128 valence electrons. The van der Waals surface area contributed by atoms with Gasteiger partial charge in [-0.1, -0.05) is 32.0 Å². The Labute approximate surface area is 138 Å². The van der Waals surface area contributed by atoms with Gasteiger partial charge in [0.1, 0.15) is 0 Å². The maximum atomic E-state index is 12.2. The van der Waals surface area contributed by atoms with E-state index in [4.69, 9.17) is 0 Å². The molecule has 0 spiro atoms. The third-order valence-electron chi connectivity index (χ3n) is 3.97. The number of hydrogen-bond donors (Lipinski definition) is 2. The van der Waals surface area contributed by atoms with Gasteiger partial charge in [-0.05, 0) is 37.8 Å². The molecule has 0 saturated carbocycles. The molecule has 0 aliphatic carbocycles. The lowest BCUT2D eigenvalue weighted by molar-refractivity contribution is -0.136. The molecular formula is C18H28N2O3. The van der Waals surface area contributed by atoms with E-state index in [1.165, 1.54) is 4.90 Å². The van der Waals surface area contributed by atoms with Gasteiger partial charge in [-0.3, -0.25) is 9.59 Å². The second-order valence-electron chi connectivity index (χ2n) is 6.24. The summed E-state index contributed by atoms with van der Waals surface area (Å²) in [7, 11) is 0. The quantitative estimate of drug-likeness (QED) is 0.811. The van der Waals surface area contributed by atoms with Crippen LogP contribution in [0.15, 0.2) is 18.2 Å². The summed E-state index contributed by atoms with van der Waals surface area (Å²) in [6, 6.07) is 5.81. The first-order valence-electron chi connectivity index (χ1n) is 8.08. The Morgan fingerprint density at radius 2 is 1.78 bits per heavy atom. The first-order valence-corrected chi connectivity index (χ1v) is 8.08. The smallest absolute Gasteiger partial charge is 0.244 e. The Kier molecular flexibility index (Phi) is 7.23. The fraction of sp³-hybridized carbons (Fsp3) is 0.556. The van der Waals surface area contributed by atoms with Crippen LogP contribution in [0.3, 0.4) is 0 Å². The van der Waals surface area contributed by atoms with E-state index in [1.54, 1.807) is 0 Å². The number of aliphatic hydroxyl groups is 1. The topological polar surface area (TPSA) is 69.6 Å². The van der Waals surface area contributed by atoms with E-state index in [9.17, 15) is 14.7 Å². The fourth-order valence-corrected chi connectivity index (χ4v) is 2.28. The van der Waals surface area contributed by atoms with E-state index in [-0.39, 0.29) is 30.7 Å². The Morgan fingerprint density at radius 3 is 2.26 bits per heavy atom. The molecule has 1 aromatic rings. The lowest BCUT2D eigenvalue weighted by Gasteiger charge is -2.23. The first kappa shape index (κ1) is 19.2. The van der Waals surface area contributed by atoms with E-state index in [2.05, 4.69) is 5.32 Å². The Balaban J connectivity index is 2.68. The van der Waals surface area contributed by atoms with Crippen molar-refractivity contribution in [3.8, 4) is 0 Å². The SMILES string of the molecule is CCN(CC(=O)Nc1c(C)cccc1C)C(=O)CC(O)C(C)C. The summed E-state index contributed by atoms with van der Waals surface area (Å²) in [5, 5.41) is 12.7. The number of nitrogens with zero attached hydrogens (tertiary/aromatic N) is 1. The Bertz CT molecular complexity index is 535. The zero-order valence-electron chi connectivity index (χ0n) is 14.7. The number of carbonyl (C=O) groups is 2. The number of anilines is 1. The van der Waals surface area contributed by atoms with Crippen LogP contribution in [-0.4, -0.2) is 41.0 Å². The van der Waals surface area contributed by atoms with E-state index in [1.807, 2.05) is 52.8 Å². The van der Waals surface area contributed by atoms with Crippen molar-refractivity contribution in [2.24, 2.45) is 5.92 Å². The van der Waals surface area contributed by atoms with Crippen LogP contribution in [0, 0.1) is 19.8 Å². The Morgan fingerprint density at radius 1 is 1.22 bits per heavy atom. The van der Waals surface area contributed by atoms with Crippen LogP contribution in [0.4, 0.5) is 5.69 Å². The molecule has 1 unspecified atom stereocenters. The number of amides is 2. The second kappa shape index (κ2) is 8.67. The molecule has 2 amide bonds. The van der Waals surface area contributed by atoms with Crippen LogP contribution in [-0.2, 0) is 9.59 Å². The number of aryl methyl sites for hydroxylation is 2. The number of benzene rings is 1. The summed E-state index contributed by atoms with van der Waals surface area (Å²) >= 11 is 0. The van der Waals surface area contributed by atoms with Crippen LogP contribution < -0.4 is 5.32 Å². The van der Waals surface area contributed by atoms with Gasteiger partial charge < -0.3 is 15.3 Å². The zero-order chi connectivity index (χ0) is 17.6. The summed E-state index contributed by atoms with van der Waals surface area (Å²) in [5.74, 6) is -0.414. The van der Waals surface area contributed by atoms with Gasteiger partial charge >= 0.3 is 0 Å². The molecule has 0 saturated heterocycles. The summed E-state index contributed by atoms with van der Waals surface area (Å²) in [6.07, 6.45) is -0.638. The van der Waals surface area contributed by atoms with Gasteiger partial charge in [0.05, 0.1) is 19.1 Å². The molecule has 1 aromatic carbocycles. The van der Waals surface area contributed by atoms with Crippen LogP contribution in [0.1, 0.15) is 38.3 Å². The van der Waals surface area contributed by atoms with E-state index >= 15 is 0 Å². The minimum absolute atomic E-state index is 0.00603. The fourth-order valence-electron chi connectivity index (χ4n) is 2.28. The molecule has 2 N–H and O–H groups in total. The summed E-state index contributed by atoms with van der Waals surface area (Å²) < 4.78 is 0. The number of likely N-dealkylation sites (N-methyl/N-ethyl adjacent to an activating group) is 1. The van der Waals surface area contributed by atoms with E-state index in [0.29, 0.717) is 6.54 Å². The molecule has 5 heteroatoms. The number of para-hydroxylation sites is 1. The zero-order valence-corrected chi connectivity index (χ0v) is 14.7. The van der Waals surface area contributed by atoms with E-state index < -0.39 is 6.10 Å². The molecule has 23 heavy (non-hydrogen) atoms. The van der Waals surface area contributed by atoms with Crippen LogP contribution in [0.2, 0.25) is 0 Å². The van der Waals surface area contributed by atoms with E-state index in [0.717, 1.165) is 16.8 Å². The molecule has 0 aliphatic heterocycles. The monoisotopic (exact) mass is 320 g/mol. The highest BCUT2D eigenvalue weighted by molar-refractivity contribution is 5.95. The van der Waals surface area contributed by atoms with Gasteiger partial charge in [0, 0.05) is 12.2 Å². The number of hydrogen-bond acceptors (Lipinski definition) is 3. The lowest BCUT2D eigenvalue weighted by atomic mass is 10.0. The van der Waals surface area contributed by atoms with Crippen LogP contribution in [0.5, 0.6) is 0 Å². The molecule has 0 fully saturated rings. The number of aliphatic hydroxyl groups excluding tert-OH is 1. The molecule has 1 atom stereocenters. The van der Waals surface area contributed by atoms with Crippen molar-refractivity contribution in [1.82, 2.24) is 4.90 Å². The lowest BCUT2D eigenvalue weighted by Crippen LogP contribution is -2.40. The largest absolute Gasteiger partial charge is 0.392 e. The average molecular weight is 320 g/mol. The van der Waals surface area contributed by atoms with Crippen molar-refractivity contribution in [2.45, 2.75) is 47.1 Å². The minimum atomic E-state index is -0.682. The normalized spacial score (nSPS) is 12.1. The summed E-state index contributed by atoms with van der Waals surface area (Å²) in [6.45, 7) is 9.85. The maximum absolute atomic E-state index is 12.2. The molecule has 0 aliphatic rings. The van der Waals surface area contributed by atoms with Crippen LogP contribution in [0.25, 0.3) is 0 Å². The third kappa shape index (κ3) is 5.67. The summed E-state index contributed by atoms with van der Waals surface area (Å²) in [4.78, 5) is 25.9. The van der Waals surface area contributed by atoms with Crippen molar-refractivity contribution < 1.29 is 14.7 Å². The number of carbonyl (C=O) groups excluding carboxylic acids is 2. The van der Waals surface area contributed by atoms with Gasteiger partial charge in [0.15, 0.2) is 0 Å². The minimum Gasteiger partial charge on any atom is -0.392 e. The highest BCUT2D eigenvalue weighted by Gasteiger charge is 2.21. The van der Waals surface area contributed by atoms with Crippen molar-refractivity contribution in [3.05, 3.63) is 29.3 Å². The predicted octanol–water partition coefficient (Wildman–Crippen LogP) is 2.50. The van der Waals surface area contributed by atoms with Crippen molar-refractivity contribution >= 4 is 17.5 Å². The molecule has 0 radical (unpaired) electrons. The highest BCUT2D eigenvalue weighted by atomic mass is 16.3. The second-order valence-corrected chi connectivity index (χ2v) is 6.24. The highest BCUT2D eigenvalue weighted by Crippen LogP contribution is 2.19. The number of nitrogens with one attached hydrogen (secondary N) is 1. The number of rotatable bonds is 7. The molecule has 1 rings (SSSR count). The van der Waals surface area contributed by atoms with Gasteiger partial charge in [-0.15, -0.1) is 0 Å². The molecule has 0 aromatic heterocycles. The first-order chi connectivity index (χ1) is 10.8. The van der Waals surface area contributed by atoms with Gasteiger partial charge in [-0.2, -0.15) is 0 Å². The predicted molar refractivity (Wildman–Crippen MR) is 92.3 cm³/mol. The molecule has 0 heterocycles. The van der Waals surface area contributed by atoms with Gasteiger partial charge in [0.2, 0.25) is 11.8 Å². The third-order valence-corrected chi connectivity index (χ3v) is 3.97. The van der Waals surface area contributed by atoms with Crippen molar-refractivity contribution in [2.75, 3.05) is 18.4 Å². The van der Waals surface area contributed by atoms with Gasteiger partial charge in [0.25, 0.3) is 0 Å². The average Bonchev–Trinajstić information content (AvgIpc) is 2.48. The van der Waals surface area contributed by atoms with Crippen molar-refractivity contribution in [1.29, 1.82) is 0 Å².